The van der Waals surface area contributed by atoms with Gasteiger partial charge in [-0.2, -0.15) is 0 Å². The molecular weight excluding hydrogens is 601 g/mol. The van der Waals surface area contributed by atoms with E-state index in [9.17, 15) is 0 Å². The normalized spacial score (nSPS) is 12.7. The monoisotopic (exact) mass is 638 g/mol. The minimum atomic E-state index is -0.0784. The SMILES string of the molecule is CC(C)(C)c1cc(C(C)(C)C)c2c(c1)c1ccc(Oc3ccc4c5ccccc5n(-c5ccccn5)c4c3)cc1c1nc3ccccc3n12. The Labute approximate surface area is 285 Å². The third kappa shape index (κ3) is 4.60. The van der Waals surface area contributed by atoms with E-state index in [1.807, 2.05) is 24.4 Å². The maximum absolute atomic E-state index is 6.70. The molecule has 0 amide bonds. The fraction of sp³-hybridized carbons (Fsp3) is 0.182. The van der Waals surface area contributed by atoms with Gasteiger partial charge in [-0.05, 0) is 94.1 Å². The van der Waals surface area contributed by atoms with Gasteiger partial charge in [0.1, 0.15) is 23.0 Å². The second-order valence-electron chi connectivity index (χ2n) is 15.2. The first kappa shape index (κ1) is 29.5. The second kappa shape index (κ2) is 10.4. The predicted octanol–water partition coefficient (Wildman–Crippen LogP) is 11.7. The van der Waals surface area contributed by atoms with Gasteiger partial charge in [0.15, 0.2) is 0 Å². The van der Waals surface area contributed by atoms with Crippen molar-refractivity contribution in [1.82, 2.24) is 18.9 Å². The molecule has 0 fully saturated rings. The van der Waals surface area contributed by atoms with Crippen molar-refractivity contribution in [2.75, 3.05) is 0 Å². The van der Waals surface area contributed by atoms with Gasteiger partial charge in [0.05, 0.1) is 27.6 Å². The van der Waals surface area contributed by atoms with Crippen molar-refractivity contribution < 1.29 is 4.74 Å². The minimum Gasteiger partial charge on any atom is -0.457 e. The van der Waals surface area contributed by atoms with Crippen molar-refractivity contribution in [3.63, 3.8) is 0 Å². The number of hydrogen-bond acceptors (Lipinski definition) is 3. The van der Waals surface area contributed by atoms with Gasteiger partial charge in [0.25, 0.3) is 0 Å². The van der Waals surface area contributed by atoms with Crippen molar-refractivity contribution in [1.29, 1.82) is 0 Å². The average Bonchev–Trinajstić information content (AvgIpc) is 3.63. The molecule has 0 spiro atoms. The van der Waals surface area contributed by atoms with Crippen LogP contribution in [0.15, 0.2) is 121 Å². The summed E-state index contributed by atoms with van der Waals surface area (Å²) in [6.07, 6.45) is 1.84. The molecule has 0 saturated carbocycles. The maximum Gasteiger partial charge on any atom is 0.146 e. The summed E-state index contributed by atoms with van der Waals surface area (Å²) in [7, 11) is 0. The minimum absolute atomic E-state index is 0.00803. The van der Waals surface area contributed by atoms with E-state index >= 15 is 0 Å². The summed E-state index contributed by atoms with van der Waals surface area (Å²) in [6, 6.07) is 40.6. The number of benzene rings is 5. The first-order chi connectivity index (χ1) is 23.6. The fourth-order valence-corrected chi connectivity index (χ4v) is 7.41. The number of aromatic nitrogens is 4. The van der Waals surface area contributed by atoms with Crippen molar-refractivity contribution >= 4 is 60.2 Å². The van der Waals surface area contributed by atoms with E-state index in [2.05, 4.69) is 148 Å². The summed E-state index contributed by atoms with van der Waals surface area (Å²) in [5.74, 6) is 2.41. The van der Waals surface area contributed by atoms with Crippen LogP contribution in [0.3, 0.4) is 0 Å². The van der Waals surface area contributed by atoms with Gasteiger partial charge in [-0.15, -0.1) is 0 Å². The molecule has 0 bridgehead atoms. The van der Waals surface area contributed by atoms with Crippen LogP contribution in [0.5, 0.6) is 11.5 Å². The zero-order valence-corrected chi connectivity index (χ0v) is 28.7. The molecule has 0 saturated heterocycles. The molecule has 5 nitrogen and oxygen atoms in total. The van der Waals surface area contributed by atoms with Crippen LogP contribution in [0.1, 0.15) is 52.7 Å². The Hall–Kier alpha value is -5.68. The summed E-state index contributed by atoms with van der Waals surface area (Å²) in [5.41, 5.74) is 8.98. The van der Waals surface area contributed by atoms with Gasteiger partial charge in [-0.1, -0.05) is 84.0 Å². The lowest BCUT2D eigenvalue weighted by Crippen LogP contribution is -2.18. The van der Waals surface area contributed by atoms with Gasteiger partial charge in [-0.25, -0.2) is 9.97 Å². The molecule has 4 aromatic heterocycles. The largest absolute Gasteiger partial charge is 0.457 e. The van der Waals surface area contributed by atoms with Crippen LogP contribution in [0.2, 0.25) is 0 Å². The molecule has 0 atom stereocenters. The third-order valence-electron chi connectivity index (χ3n) is 9.85. The molecule has 49 heavy (non-hydrogen) atoms. The summed E-state index contributed by atoms with van der Waals surface area (Å²) in [5, 5.41) is 5.82. The predicted molar refractivity (Wildman–Crippen MR) is 204 cm³/mol. The smallest absolute Gasteiger partial charge is 0.146 e. The average molecular weight is 639 g/mol. The van der Waals surface area contributed by atoms with Crippen LogP contribution >= 0.6 is 0 Å². The van der Waals surface area contributed by atoms with E-state index in [0.29, 0.717) is 0 Å². The van der Waals surface area contributed by atoms with E-state index in [4.69, 9.17) is 14.7 Å². The lowest BCUT2D eigenvalue weighted by molar-refractivity contribution is 0.484. The zero-order chi connectivity index (χ0) is 33.7. The highest BCUT2D eigenvalue weighted by Crippen LogP contribution is 2.42. The second-order valence-corrected chi connectivity index (χ2v) is 15.2. The molecule has 0 aliphatic carbocycles. The van der Waals surface area contributed by atoms with E-state index in [1.54, 1.807) is 0 Å². The van der Waals surface area contributed by atoms with Crippen molar-refractivity contribution in [3.8, 4) is 17.3 Å². The quantitative estimate of drug-likeness (QED) is 0.181. The summed E-state index contributed by atoms with van der Waals surface area (Å²) < 4.78 is 11.3. The number of pyridine rings is 2. The Morgan fingerprint density at radius 1 is 0.551 bits per heavy atom. The molecule has 0 N–H and O–H groups in total. The third-order valence-corrected chi connectivity index (χ3v) is 9.85. The van der Waals surface area contributed by atoms with Crippen LogP contribution < -0.4 is 4.74 Å². The van der Waals surface area contributed by atoms with Gasteiger partial charge < -0.3 is 4.74 Å². The molecule has 0 aliphatic rings. The standard InChI is InChI=1S/C44H38N4O/c1-43(2,3)27-23-33-30-20-18-28(25-34(30)42-46-36-14-8-10-16-38(36)48(42)41(33)35(24-27)44(4,5)6)49-29-19-21-32-31-13-7-9-15-37(31)47(39(32)26-29)40-17-11-12-22-45-40/h7-26H,1-6H3. The summed E-state index contributed by atoms with van der Waals surface area (Å²) >= 11 is 0. The van der Waals surface area contributed by atoms with Gasteiger partial charge in [-0.3, -0.25) is 8.97 Å². The molecule has 5 aromatic carbocycles. The summed E-state index contributed by atoms with van der Waals surface area (Å²) in [6.45, 7) is 13.8. The van der Waals surface area contributed by atoms with Crippen LogP contribution in [-0.4, -0.2) is 18.9 Å². The number of ether oxygens (including phenoxy) is 1. The van der Waals surface area contributed by atoms with Crippen LogP contribution in [0.25, 0.3) is 66.0 Å². The molecule has 9 aromatic rings. The molecule has 5 heteroatoms. The molecule has 4 heterocycles. The van der Waals surface area contributed by atoms with Gasteiger partial charge in [0, 0.05) is 33.8 Å². The molecule has 9 rings (SSSR count). The molecule has 0 radical (unpaired) electrons. The Morgan fingerprint density at radius 3 is 2.00 bits per heavy atom. The van der Waals surface area contributed by atoms with Crippen LogP contribution in [0, 0.1) is 0 Å². The molecule has 0 aliphatic heterocycles. The van der Waals surface area contributed by atoms with E-state index in [1.165, 1.54) is 32.8 Å². The summed E-state index contributed by atoms with van der Waals surface area (Å²) in [4.78, 5) is 9.94. The lowest BCUT2D eigenvalue weighted by Gasteiger charge is -2.28. The highest BCUT2D eigenvalue weighted by Gasteiger charge is 2.26. The van der Waals surface area contributed by atoms with Crippen LogP contribution in [-0.2, 0) is 10.8 Å². The number of imidazole rings is 1. The molecular formula is C44H38N4O. The highest BCUT2D eigenvalue weighted by molar-refractivity contribution is 6.15. The number of hydrogen-bond donors (Lipinski definition) is 0. The van der Waals surface area contributed by atoms with E-state index < -0.39 is 0 Å². The number of nitrogens with zero attached hydrogens (tertiary/aromatic N) is 4. The van der Waals surface area contributed by atoms with Gasteiger partial charge >= 0.3 is 0 Å². The van der Waals surface area contributed by atoms with E-state index in [-0.39, 0.29) is 10.8 Å². The number of rotatable bonds is 3. The Bertz CT molecular complexity index is 2760. The van der Waals surface area contributed by atoms with Gasteiger partial charge in [0.2, 0.25) is 0 Å². The Morgan fingerprint density at radius 2 is 1.24 bits per heavy atom. The number of fused-ring (bicyclic) bond motifs is 11. The highest BCUT2D eigenvalue weighted by atomic mass is 16.5. The molecule has 0 unspecified atom stereocenters. The maximum atomic E-state index is 6.70. The van der Waals surface area contributed by atoms with Crippen molar-refractivity contribution in [2.45, 2.75) is 52.4 Å². The Kier molecular flexibility index (Phi) is 6.26. The zero-order valence-electron chi connectivity index (χ0n) is 28.7. The number of para-hydroxylation sites is 3. The first-order valence-corrected chi connectivity index (χ1v) is 17.0. The van der Waals surface area contributed by atoms with E-state index in [0.717, 1.165) is 55.8 Å². The van der Waals surface area contributed by atoms with Crippen molar-refractivity contribution in [3.05, 3.63) is 133 Å². The topological polar surface area (TPSA) is 44.3 Å². The lowest BCUT2D eigenvalue weighted by atomic mass is 9.78. The Balaban J connectivity index is 1.29. The molecule has 240 valence electrons. The fourth-order valence-electron chi connectivity index (χ4n) is 7.41. The van der Waals surface area contributed by atoms with Crippen LogP contribution in [0.4, 0.5) is 0 Å². The first-order valence-electron chi connectivity index (χ1n) is 17.0. The van der Waals surface area contributed by atoms with Crippen molar-refractivity contribution in [2.24, 2.45) is 0 Å².